The van der Waals surface area contributed by atoms with Crippen molar-refractivity contribution in [2.24, 2.45) is 5.92 Å². The number of fused-ring (bicyclic) bond motifs is 1. The van der Waals surface area contributed by atoms with Crippen molar-refractivity contribution in [3.8, 4) is 0 Å². The molecule has 1 aromatic heterocycles. The van der Waals surface area contributed by atoms with Crippen molar-refractivity contribution in [1.29, 1.82) is 0 Å². The van der Waals surface area contributed by atoms with Crippen LogP contribution in [0.4, 0.5) is 0 Å². The lowest BCUT2D eigenvalue weighted by Crippen LogP contribution is -2.33. The van der Waals surface area contributed by atoms with E-state index >= 15 is 0 Å². The summed E-state index contributed by atoms with van der Waals surface area (Å²) in [4.78, 5) is 12.5. The van der Waals surface area contributed by atoms with Crippen LogP contribution in [-0.2, 0) is 10.0 Å². The topological polar surface area (TPSA) is 63.2 Å². The zero-order valence-electron chi connectivity index (χ0n) is 12.1. The lowest BCUT2D eigenvalue weighted by Gasteiger charge is -2.11. The minimum Gasteiger partial charge on any atom is -0.267 e. The van der Waals surface area contributed by atoms with Gasteiger partial charge in [0, 0.05) is 4.70 Å². The predicted molar refractivity (Wildman–Crippen MR) is 87.2 cm³/mol. The molecule has 1 heterocycles. The summed E-state index contributed by atoms with van der Waals surface area (Å²) in [6, 6.07) is 9.32. The smallest absolute Gasteiger partial charge is 0.267 e. The molecule has 0 saturated carbocycles. The monoisotopic (exact) mass is 325 g/mol. The van der Waals surface area contributed by atoms with Gasteiger partial charge in [-0.1, -0.05) is 38.5 Å². The average molecular weight is 325 g/mol. The molecule has 2 aromatic rings. The van der Waals surface area contributed by atoms with Gasteiger partial charge in [-0.3, -0.25) is 4.79 Å². The Morgan fingerprint density at radius 2 is 2.05 bits per heavy atom. The summed E-state index contributed by atoms with van der Waals surface area (Å²) in [6.07, 6.45) is 1.76. The second kappa shape index (κ2) is 6.58. The lowest BCUT2D eigenvalue weighted by molar-refractivity contribution is 0.0985. The molecule has 1 aromatic carbocycles. The fourth-order valence-corrected chi connectivity index (χ4v) is 4.69. The number of benzene rings is 1. The first-order chi connectivity index (χ1) is 9.91. The van der Waals surface area contributed by atoms with Gasteiger partial charge in [-0.2, -0.15) is 0 Å². The summed E-state index contributed by atoms with van der Waals surface area (Å²) in [5.74, 6) is -0.514. The van der Waals surface area contributed by atoms with Crippen LogP contribution in [0.25, 0.3) is 10.1 Å². The van der Waals surface area contributed by atoms with Crippen molar-refractivity contribution < 1.29 is 13.2 Å². The van der Waals surface area contributed by atoms with Crippen LogP contribution in [0.5, 0.6) is 0 Å². The summed E-state index contributed by atoms with van der Waals surface area (Å²) < 4.78 is 27.1. The first-order valence-electron chi connectivity index (χ1n) is 6.94. The zero-order chi connectivity index (χ0) is 15.5. The molecule has 0 aliphatic carbocycles. The summed E-state index contributed by atoms with van der Waals surface area (Å²) in [5.41, 5.74) is 0. The largest absolute Gasteiger partial charge is 0.274 e. The molecule has 1 atom stereocenters. The molecule has 0 bridgehead atoms. The third-order valence-electron chi connectivity index (χ3n) is 3.18. The van der Waals surface area contributed by atoms with Crippen LogP contribution in [0.2, 0.25) is 0 Å². The predicted octanol–water partition coefficient (Wildman–Crippen LogP) is 3.40. The Labute approximate surface area is 129 Å². The van der Waals surface area contributed by atoms with Crippen molar-refractivity contribution >= 4 is 37.4 Å². The fraction of sp³-hybridized carbons (Fsp3) is 0.400. The second-order valence-electron chi connectivity index (χ2n) is 5.25. The second-order valence-corrected chi connectivity index (χ2v) is 8.11. The molecule has 1 unspecified atom stereocenters. The number of hydrogen-bond donors (Lipinski definition) is 1. The number of amides is 1. The van der Waals surface area contributed by atoms with Gasteiger partial charge in [-0.05, 0) is 29.9 Å². The zero-order valence-corrected chi connectivity index (χ0v) is 13.8. The Morgan fingerprint density at radius 1 is 1.33 bits per heavy atom. The molecule has 6 heteroatoms. The van der Waals surface area contributed by atoms with E-state index in [0.29, 0.717) is 4.88 Å². The van der Waals surface area contributed by atoms with Crippen molar-refractivity contribution in [2.45, 2.75) is 26.7 Å². The molecule has 21 heavy (non-hydrogen) atoms. The van der Waals surface area contributed by atoms with E-state index in [1.54, 1.807) is 6.07 Å². The molecule has 114 valence electrons. The van der Waals surface area contributed by atoms with E-state index in [4.69, 9.17) is 0 Å². The van der Waals surface area contributed by atoms with E-state index in [2.05, 4.69) is 4.72 Å². The van der Waals surface area contributed by atoms with Crippen LogP contribution in [-0.4, -0.2) is 20.1 Å². The van der Waals surface area contributed by atoms with Gasteiger partial charge in [0.15, 0.2) is 0 Å². The quantitative estimate of drug-likeness (QED) is 0.885. The third-order valence-corrected chi connectivity index (χ3v) is 5.80. The molecule has 0 radical (unpaired) electrons. The van der Waals surface area contributed by atoms with Gasteiger partial charge in [-0.15, -0.1) is 11.3 Å². The van der Waals surface area contributed by atoms with Gasteiger partial charge in [0.25, 0.3) is 5.91 Å². The van der Waals surface area contributed by atoms with E-state index < -0.39 is 15.9 Å². The molecule has 0 spiro atoms. The van der Waals surface area contributed by atoms with E-state index in [0.717, 1.165) is 22.9 Å². The average Bonchev–Trinajstić information content (AvgIpc) is 2.81. The molecular formula is C15H19NO3S2. The number of nitrogens with one attached hydrogen (secondary N) is 1. The van der Waals surface area contributed by atoms with Crippen LogP contribution in [0.3, 0.4) is 0 Å². The van der Waals surface area contributed by atoms with Crippen LogP contribution in [0.15, 0.2) is 30.3 Å². The summed E-state index contributed by atoms with van der Waals surface area (Å²) in [5, 5.41) is 0.949. The van der Waals surface area contributed by atoms with Crippen LogP contribution >= 0.6 is 11.3 Å². The van der Waals surface area contributed by atoms with Gasteiger partial charge >= 0.3 is 0 Å². The summed E-state index contributed by atoms with van der Waals surface area (Å²) in [6.45, 7) is 3.89. The highest BCUT2D eigenvalue weighted by atomic mass is 32.2. The van der Waals surface area contributed by atoms with Crippen LogP contribution < -0.4 is 4.72 Å². The highest BCUT2D eigenvalue weighted by Gasteiger charge is 2.20. The molecule has 1 N–H and O–H groups in total. The molecule has 0 saturated heterocycles. The Kier molecular flexibility index (Phi) is 5.00. The molecular weight excluding hydrogens is 306 g/mol. The molecule has 0 aliphatic heterocycles. The van der Waals surface area contributed by atoms with Crippen molar-refractivity contribution in [3.05, 3.63) is 35.2 Å². The maximum atomic E-state index is 12.1. The highest BCUT2D eigenvalue weighted by molar-refractivity contribution is 7.90. The van der Waals surface area contributed by atoms with Crippen molar-refractivity contribution in [3.63, 3.8) is 0 Å². The van der Waals surface area contributed by atoms with E-state index in [1.807, 2.05) is 38.1 Å². The van der Waals surface area contributed by atoms with E-state index in [9.17, 15) is 13.2 Å². The molecule has 1 amide bonds. The first kappa shape index (κ1) is 16.0. The van der Waals surface area contributed by atoms with Crippen molar-refractivity contribution in [1.82, 2.24) is 4.72 Å². The molecule has 4 nitrogen and oxygen atoms in total. The van der Waals surface area contributed by atoms with Gasteiger partial charge in [0.1, 0.15) is 0 Å². The number of sulfonamides is 1. The SMILES string of the molecule is CCCC(C)CS(=O)(=O)NC(=O)c1cc2ccccc2s1. The molecule has 2 rings (SSSR count). The normalized spacial score (nSPS) is 13.2. The number of hydrogen-bond acceptors (Lipinski definition) is 4. The minimum absolute atomic E-state index is 0.0164. The number of carbonyl (C=O) groups excluding carboxylic acids is 1. The van der Waals surface area contributed by atoms with Gasteiger partial charge in [0.2, 0.25) is 10.0 Å². The molecule has 0 aliphatic rings. The Hall–Kier alpha value is -1.40. The minimum atomic E-state index is -3.58. The third kappa shape index (κ3) is 4.28. The molecule has 0 fully saturated rings. The van der Waals surface area contributed by atoms with Crippen molar-refractivity contribution in [2.75, 3.05) is 5.75 Å². The first-order valence-corrected chi connectivity index (χ1v) is 9.41. The van der Waals surface area contributed by atoms with E-state index in [1.165, 1.54) is 11.3 Å². The Balaban J connectivity index is 2.09. The standard InChI is InChI=1S/C15H19NO3S2/c1-3-6-11(2)10-21(18,19)16-15(17)14-9-12-7-4-5-8-13(12)20-14/h4-5,7-9,11H,3,6,10H2,1-2H3,(H,16,17). The number of carbonyl (C=O) groups is 1. The van der Waals surface area contributed by atoms with Crippen LogP contribution in [0, 0.1) is 5.92 Å². The van der Waals surface area contributed by atoms with Gasteiger partial charge < -0.3 is 0 Å². The Bertz CT molecular complexity index is 701. The fourth-order valence-electron chi connectivity index (χ4n) is 2.28. The number of thiophene rings is 1. The highest BCUT2D eigenvalue weighted by Crippen LogP contribution is 2.25. The van der Waals surface area contributed by atoms with Gasteiger partial charge in [0.05, 0.1) is 10.6 Å². The summed E-state index contributed by atoms with van der Waals surface area (Å²) >= 11 is 1.30. The van der Waals surface area contributed by atoms with Crippen LogP contribution in [0.1, 0.15) is 36.4 Å². The lowest BCUT2D eigenvalue weighted by atomic mass is 10.1. The van der Waals surface area contributed by atoms with Gasteiger partial charge in [-0.25, -0.2) is 13.1 Å². The van der Waals surface area contributed by atoms with E-state index in [-0.39, 0.29) is 11.7 Å². The summed E-state index contributed by atoms with van der Waals surface area (Å²) in [7, 11) is -3.58. The number of rotatable bonds is 6. The maximum Gasteiger partial charge on any atom is 0.274 e. The maximum absolute atomic E-state index is 12.1. The Morgan fingerprint density at radius 3 is 2.71 bits per heavy atom.